The summed E-state index contributed by atoms with van der Waals surface area (Å²) in [6.45, 7) is 0. The molecule has 0 aliphatic rings. The Bertz CT molecular complexity index is 702. The van der Waals surface area contributed by atoms with E-state index in [9.17, 15) is 9.00 Å². The molecule has 19 heavy (non-hydrogen) atoms. The molecule has 98 valence electrons. The summed E-state index contributed by atoms with van der Waals surface area (Å²) in [7, 11) is -2.73. The predicted molar refractivity (Wildman–Crippen MR) is 77.0 cm³/mol. The predicted octanol–water partition coefficient (Wildman–Crippen LogP) is 3.64. The van der Waals surface area contributed by atoms with Crippen LogP contribution in [-0.4, -0.2) is 16.4 Å². The minimum Gasteiger partial charge on any atom is -0.266 e. The van der Waals surface area contributed by atoms with E-state index in [2.05, 4.69) is 4.36 Å². The molecule has 2 aromatic rings. The van der Waals surface area contributed by atoms with E-state index in [0.29, 0.717) is 15.5 Å². The third-order valence-electron chi connectivity index (χ3n) is 2.53. The number of amides is 1. The van der Waals surface area contributed by atoms with Gasteiger partial charge in [-0.1, -0.05) is 29.8 Å². The standard InChI is InChI=1S/C14H12ClNO2S/c1-19(18,13-5-3-2-4-6-13)16-14(17)11-7-9-12(15)10-8-11/h2-10H,1H3/t19-/m0/s1. The van der Waals surface area contributed by atoms with Crippen molar-refractivity contribution in [1.82, 2.24) is 0 Å². The molecule has 2 aromatic carbocycles. The summed E-state index contributed by atoms with van der Waals surface area (Å²) >= 11 is 5.75. The Balaban J connectivity index is 2.38. The molecular weight excluding hydrogens is 282 g/mol. The maximum Gasteiger partial charge on any atom is 0.285 e. The van der Waals surface area contributed by atoms with Gasteiger partial charge in [0.2, 0.25) is 0 Å². The van der Waals surface area contributed by atoms with Crippen LogP contribution < -0.4 is 0 Å². The first kappa shape index (κ1) is 13.8. The Labute approximate surface area is 117 Å². The van der Waals surface area contributed by atoms with Crippen LogP contribution in [0.1, 0.15) is 10.4 Å². The molecule has 0 unspecified atom stereocenters. The fourth-order valence-electron chi connectivity index (χ4n) is 1.53. The Morgan fingerprint density at radius 3 is 2.21 bits per heavy atom. The Morgan fingerprint density at radius 1 is 1.05 bits per heavy atom. The van der Waals surface area contributed by atoms with Crippen LogP contribution in [0.15, 0.2) is 63.9 Å². The van der Waals surface area contributed by atoms with Crippen molar-refractivity contribution in [3.63, 3.8) is 0 Å². The van der Waals surface area contributed by atoms with Gasteiger partial charge in [0.1, 0.15) is 0 Å². The topological polar surface area (TPSA) is 46.5 Å². The zero-order chi connectivity index (χ0) is 13.9. The van der Waals surface area contributed by atoms with E-state index in [-0.39, 0.29) is 0 Å². The molecule has 0 heterocycles. The molecular formula is C14H12ClNO2S. The first-order valence-electron chi connectivity index (χ1n) is 5.56. The first-order valence-corrected chi connectivity index (χ1v) is 7.86. The number of benzene rings is 2. The number of carbonyl (C=O) groups excluding carboxylic acids is 1. The van der Waals surface area contributed by atoms with Crippen LogP contribution in [0.5, 0.6) is 0 Å². The third kappa shape index (κ3) is 3.43. The van der Waals surface area contributed by atoms with Crippen molar-refractivity contribution in [3.05, 3.63) is 65.2 Å². The zero-order valence-electron chi connectivity index (χ0n) is 10.2. The van der Waals surface area contributed by atoms with Gasteiger partial charge in [0.15, 0.2) is 0 Å². The SMILES string of the molecule is C[S@@](=O)(=NC(=O)c1ccc(Cl)cc1)c1ccccc1. The highest BCUT2D eigenvalue weighted by Crippen LogP contribution is 2.14. The molecule has 0 bridgehead atoms. The van der Waals surface area contributed by atoms with Gasteiger partial charge < -0.3 is 0 Å². The molecule has 0 aliphatic heterocycles. The van der Waals surface area contributed by atoms with E-state index in [1.54, 1.807) is 48.5 Å². The van der Waals surface area contributed by atoms with Crippen molar-refractivity contribution in [1.29, 1.82) is 0 Å². The van der Waals surface area contributed by atoms with Crippen molar-refractivity contribution < 1.29 is 9.00 Å². The van der Waals surface area contributed by atoms with Crippen LogP contribution in [0.25, 0.3) is 0 Å². The molecule has 0 aliphatic carbocycles. The maximum absolute atomic E-state index is 12.4. The average molecular weight is 294 g/mol. The van der Waals surface area contributed by atoms with Gasteiger partial charge in [-0.25, -0.2) is 4.21 Å². The van der Waals surface area contributed by atoms with Crippen LogP contribution in [-0.2, 0) is 9.73 Å². The fourth-order valence-corrected chi connectivity index (χ4v) is 2.84. The largest absolute Gasteiger partial charge is 0.285 e. The smallest absolute Gasteiger partial charge is 0.266 e. The molecule has 0 radical (unpaired) electrons. The molecule has 1 atom stereocenters. The van der Waals surface area contributed by atoms with Crippen molar-refractivity contribution in [2.24, 2.45) is 4.36 Å². The van der Waals surface area contributed by atoms with E-state index in [0.717, 1.165) is 0 Å². The van der Waals surface area contributed by atoms with Gasteiger partial charge in [0, 0.05) is 21.7 Å². The molecule has 2 rings (SSSR count). The monoisotopic (exact) mass is 293 g/mol. The van der Waals surface area contributed by atoms with Crippen molar-refractivity contribution >= 4 is 27.2 Å². The normalized spacial score (nSPS) is 13.6. The van der Waals surface area contributed by atoms with Gasteiger partial charge in [-0.3, -0.25) is 4.79 Å². The van der Waals surface area contributed by atoms with Crippen molar-refractivity contribution in [3.8, 4) is 0 Å². The quantitative estimate of drug-likeness (QED) is 0.848. The number of rotatable bonds is 2. The van der Waals surface area contributed by atoms with Gasteiger partial charge >= 0.3 is 0 Å². The lowest BCUT2D eigenvalue weighted by Gasteiger charge is -2.03. The maximum atomic E-state index is 12.4. The molecule has 0 aromatic heterocycles. The lowest BCUT2D eigenvalue weighted by atomic mass is 10.2. The lowest BCUT2D eigenvalue weighted by Crippen LogP contribution is -2.03. The Morgan fingerprint density at radius 2 is 1.63 bits per heavy atom. The van der Waals surface area contributed by atoms with Crippen molar-refractivity contribution in [2.45, 2.75) is 4.90 Å². The van der Waals surface area contributed by atoms with Crippen LogP contribution in [0.3, 0.4) is 0 Å². The molecule has 3 nitrogen and oxygen atoms in total. The van der Waals surface area contributed by atoms with Gasteiger partial charge in [-0.15, -0.1) is 0 Å². The highest BCUT2D eigenvalue weighted by Gasteiger charge is 2.10. The molecule has 0 saturated heterocycles. The fraction of sp³-hybridized carbons (Fsp3) is 0.0714. The highest BCUT2D eigenvalue weighted by atomic mass is 35.5. The summed E-state index contributed by atoms with van der Waals surface area (Å²) in [4.78, 5) is 12.5. The minimum absolute atomic E-state index is 0.370. The highest BCUT2D eigenvalue weighted by molar-refractivity contribution is 7.93. The molecule has 5 heteroatoms. The van der Waals surface area contributed by atoms with Crippen molar-refractivity contribution in [2.75, 3.05) is 6.26 Å². The van der Waals surface area contributed by atoms with E-state index < -0.39 is 15.6 Å². The van der Waals surface area contributed by atoms with E-state index in [4.69, 9.17) is 11.6 Å². The van der Waals surface area contributed by atoms with Crippen LogP contribution >= 0.6 is 11.6 Å². The van der Waals surface area contributed by atoms with E-state index in [1.165, 1.54) is 6.26 Å². The van der Waals surface area contributed by atoms with Gasteiger partial charge in [0.05, 0.1) is 9.73 Å². The number of hydrogen-bond acceptors (Lipinski definition) is 2. The number of hydrogen-bond donors (Lipinski definition) is 0. The van der Waals surface area contributed by atoms with Crippen LogP contribution in [0.2, 0.25) is 5.02 Å². The second kappa shape index (κ2) is 5.55. The summed E-state index contributed by atoms with van der Waals surface area (Å²) in [5.74, 6) is -0.506. The molecule has 0 saturated carbocycles. The number of carbonyl (C=O) groups is 1. The summed E-state index contributed by atoms with van der Waals surface area (Å²) in [6, 6.07) is 15.1. The summed E-state index contributed by atoms with van der Waals surface area (Å²) in [5.41, 5.74) is 0.370. The minimum atomic E-state index is -2.73. The number of halogens is 1. The van der Waals surface area contributed by atoms with Gasteiger partial charge in [-0.05, 0) is 36.4 Å². The van der Waals surface area contributed by atoms with E-state index >= 15 is 0 Å². The molecule has 1 amide bonds. The third-order valence-corrected chi connectivity index (χ3v) is 4.44. The second-order valence-electron chi connectivity index (χ2n) is 4.02. The second-order valence-corrected chi connectivity index (χ2v) is 6.71. The first-order chi connectivity index (χ1) is 8.99. The molecule has 0 spiro atoms. The van der Waals surface area contributed by atoms with Crippen LogP contribution in [0, 0.1) is 0 Å². The van der Waals surface area contributed by atoms with Gasteiger partial charge in [0.25, 0.3) is 5.91 Å². The van der Waals surface area contributed by atoms with Crippen LogP contribution in [0.4, 0.5) is 0 Å². The molecule has 0 fully saturated rings. The Kier molecular flexibility index (Phi) is 4.02. The number of nitrogens with zero attached hydrogens (tertiary/aromatic N) is 1. The lowest BCUT2D eigenvalue weighted by molar-refractivity contribution is 0.100. The summed E-state index contributed by atoms with van der Waals surface area (Å²) in [5, 5.41) is 0.539. The zero-order valence-corrected chi connectivity index (χ0v) is 11.8. The van der Waals surface area contributed by atoms with E-state index in [1.807, 2.05) is 6.07 Å². The van der Waals surface area contributed by atoms with Gasteiger partial charge in [-0.2, -0.15) is 4.36 Å². The Hall–Kier alpha value is -1.65. The molecule has 0 N–H and O–H groups in total. The average Bonchev–Trinajstić information content (AvgIpc) is 2.40. The summed E-state index contributed by atoms with van der Waals surface area (Å²) in [6.07, 6.45) is 1.45. The summed E-state index contributed by atoms with van der Waals surface area (Å²) < 4.78 is 16.2.